The Balaban J connectivity index is 2.05. The Morgan fingerprint density at radius 3 is 2.57 bits per heavy atom. The molecule has 3 nitrogen and oxygen atoms in total. The van der Waals surface area contributed by atoms with Gasteiger partial charge in [0, 0.05) is 6.07 Å². The Hall–Kier alpha value is -2.29. The fourth-order valence-corrected chi connectivity index (χ4v) is 2.84. The van der Waals surface area contributed by atoms with Crippen LogP contribution in [0.4, 0.5) is 0 Å². The second-order valence-electron chi connectivity index (χ2n) is 5.18. The molecule has 1 heterocycles. The summed E-state index contributed by atoms with van der Waals surface area (Å²) < 4.78 is 11.3. The lowest BCUT2D eigenvalue weighted by Gasteiger charge is -2.32. The van der Waals surface area contributed by atoms with Crippen LogP contribution < -0.4 is 9.47 Å². The van der Waals surface area contributed by atoms with Gasteiger partial charge >= 0.3 is 0 Å². The first-order valence-electron chi connectivity index (χ1n) is 7.18. The van der Waals surface area contributed by atoms with Crippen LogP contribution in [0.5, 0.6) is 11.5 Å². The normalized spacial score (nSPS) is 20.6. The van der Waals surface area contributed by atoms with Gasteiger partial charge in [-0.05, 0) is 24.1 Å². The molecule has 21 heavy (non-hydrogen) atoms. The van der Waals surface area contributed by atoms with E-state index in [-0.39, 0.29) is 17.8 Å². The van der Waals surface area contributed by atoms with Crippen molar-refractivity contribution in [1.82, 2.24) is 0 Å². The lowest BCUT2D eigenvalue weighted by Crippen LogP contribution is -2.35. The third-order valence-electron chi connectivity index (χ3n) is 3.95. The summed E-state index contributed by atoms with van der Waals surface area (Å²) in [5.74, 6) is 1.21. The smallest absolute Gasteiger partial charge is 0.177 e. The molecule has 0 radical (unpaired) electrons. The maximum Gasteiger partial charge on any atom is 0.177 e. The summed E-state index contributed by atoms with van der Waals surface area (Å²) in [7, 11) is 1.61. The number of carbonyl (C=O) groups excluding carboxylic acids is 1. The van der Waals surface area contributed by atoms with Crippen LogP contribution in [-0.4, -0.2) is 19.0 Å². The number of carbonyl (C=O) groups is 1. The van der Waals surface area contributed by atoms with Crippen LogP contribution in [0.2, 0.25) is 0 Å². The minimum absolute atomic E-state index is 0.122. The maximum absolute atomic E-state index is 12.9. The summed E-state index contributed by atoms with van der Waals surface area (Å²) in [6.45, 7) is 2.04. The largest absolute Gasteiger partial charge is 0.497 e. The lowest BCUT2D eigenvalue weighted by atomic mass is 9.83. The molecule has 0 fully saturated rings. The van der Waals surface area contributed by atoms with E-state index in [2.05, 4.69) is 0 Å². The van der Waals surface area contributed by atoms with Crippen molar-refractivity contribution in [3.63, 3.8) is 0 Å². The van der Waals surface area contributed by atoms with E-state index < -0.39 is 0 Å². The zero-order chi connectivity index (χ0) is 14.8. The molecular weight excluding hydrogens is 264 g/mol. The number of hydrogen-bond acceptors (Lipinski definition) is 3. The number of Topliss-reactive ketones (excluding diaryl/α,β-unsaturated/α-hetero) is 1. The maximum atomic E-state index is 12.9. The third-order valence-corrected chi connectivity index (χ3v) is 3.95. The van der Waals surface area contributed by atoms with Gasteiger partial charge in [0.15, 0.2) is 5.78 Å². The predicted molar refractivity (Wildman–Crippen MR) is 81.2 cm³/mol. The molecule has 2 aromatic rings. The zero-order valence-electron chi connectivity index (χ0n) is 12.2. The molecule has 0 amide bonds. The van der Waals surface area contributed by atoms with Crippen molar-refractivity contribution in [3.05, 3.63) is 59.7 Å². The molecule has 0 bridgehead atoms. The molecule has 0 saturated carbocycles. The Labute approximate surface area is 124 Å². The molecular formula is C18H18O3. The van der Waals surface area contributed by atoms with Crippen molar-refractivity contribution >= 4 is 5.78 Å². The minimum Gasteiger partial charge on any atom is -0.497 e. The van der Waals surface area contributed by atoms with Crippen LogP contribution in [-0.2, 0) is 0 Å². The van der Waals surface area contributed by atoms with E-state index in [9.17, 15) is 4.79 Å². The Bertz CT molecular complexity index is 649. The van der Waals surface area contributed by atoms with E-state index in [4.69, 9.17) is 9.47 Å². The van der Waals surface area contributed by atoms with Crippen molar-refractivity contribution < 1.29 is 14.3 Å². The van der Waals surface area contributed by atoms with Crippen LogP contribution in [0.25, 0.3) is 0 Å². The topological polar surface area (TPSA) is 35.5 Å². The average molecular weight is 282 g/mol. The van der Waals surface area contributed by atoms with Gasteiger partial charge in [0.2, 0.25) is 0 Å². The van der Waals surface area contributed by atoms with Crippen LogP contribution >= 0.6 is 0 Å². The highest BCUT2D eigenvalue weighted by Gasteiger charge is 2.37. The van der Waals surface area contributed by atoms with Gasteiger partial charge in [-0.1, -0.05) is 37.3 Å². The molecule has 2 unspecified atom stereocenters. The number of methoxy groups -OCH3 is 1. The highest BCUT2D eigenvalue weighted by molar-refractivity contribution is 6.04. The van der Waals surface area contributed by atoms with Gasteiger partial charge in [-0.15, -0.1) is 0 Å². The van der Waals surface area contributed by atoms with Crippen LogP contribution in [0.15, 0.2) is 48.5 Å². The van der Waals surface area contributed by atoms with Crippen LogP contribution in [0.3, 0.4) is 0 Å². The van der Waals surface area contributed by atoms with Gasteiger partial charge in [0.05, 0.1) is 18.6 Å². The van der Waals surface area contributed by atoms with Gasteiger partial charge in [0.1, 0.15) is 17.6 Å². The third kappa shape index (κ3) is 2.40. The van der Waals surface area contributed by atoms with Gasteiger partial charge in [-0.2, -0.15) is 0 Å². The Kier molecular flexibility index (Phi) is 3.65. The van der Waals surface area contributed by atoms with E-state index >= 15 is 0 Å². The molecule has 0 aliphatic carbocycles. The lowest BCUT2D eigenvalue weighted by molar-refractivity contribution is 0.0775. The van der Waals surface area contributed by atoms with Crippen LogP contribution in [0.1, 0.15) is 35.2 Å². The molecule has 0 N–H and O–H groups in total. The Morgan fingerprint density at radius 2 is 1.90 bits per heavy atom. The van der Waals surface area contributed by atoms with Crippen molar-refractivity contribution in [2.75, 3.05) is 7.11 Å². The first kappa shape index (κ1) is 13.7. The van der Waals surface area contributed by atoms with Crippen molar-refractivity contribution in [3.8, 4) is 11.5 Å². The molecule has 2 atom stereocenters. The Morgan fingerprint density at radius 1 is 1.14 bits per heavy atom. The summed E-state index contributed by atoms with van der Waals surface area (Å²) in [5, 5.41) is 0. The highest BCUT2D eigenvalue weighted by atomic mass is 16.5. The molecule has 2 aromatic carbocycles. The van der Waals surface area contributed by atoms with E-state index in [1.807, 2.05) is 37.3 Å². The van der Waals surface area contributed by atoms with E-state index in [1.54, 1.807) is 25.3 Å². The molecule has 108 valence electrons. The average Bonchev–Trinajstić information content (AvgIpc) is 2.54. The van der Waals surface area contributed by atoms with Crippen molar-refractivity contribution in [2.24, 2.45) is 0 Å². The SMILES string of the molecule is CCC1Oc2cc(OC)ccc2C(=O)C1c1ccccc1. The number of rotatable bonds is 3. The number of benzene rings is 2. The summed E-state index contributed by atoms with van der Waals surface area (Å²) in [4.78, 5) is 12.9. The number of ether oxygens (including phenoxy) is 2. The van der Waals surface area contributed by atoms with Gasteiger partial charge in [0.25, 0.3) is 0 Å². The molecule has 0 aromatic heterocycles. The highest BCUT2D eigenvalue weighted by Crippen LogP contribution is 2.39. The number of ketones is 1. The predicted octanol–water partition coefficient (Wildman–Crippen LogP) is 3.83. The first-order valence-corrected chi connectivity index (χ1v) is 7.18. The molecule has 0 saturated heterocycles. The monoisotopic (exact) mass is 282 g/mol. The molecule has 1 aliphatic heterocycles. The van der Waals surface area contributed by atoms with Gasteiger partial charge in [-0.3, -0.25) is 4.79 Å². The second-order valence-corrected chi connectivity index (χ2v) is 5.18. The summed E-state index contributed by atoms with van der Waals surface area (Å²) in [6.07, 6.45) is 0.640. The van der Waals surface area contributed by atoms with Gasteiger partial charge in [-0.25, -0.2) is 0 Å². The first-order chi connectivity index (χ1) is 10.2. The quantitative estimate of drug-likeness (QED) is 0.858. The molecule has 0 spiro atoms. The number of fused-ring (bicyclic) bond motifs is 1. The van der Waals surface area contributed by atoms with Gasteiger partial charge < -0.3 is 9.47 Å². The minimum atomic E-state index is -0.239. The van der Waals surface area contributed by atoms with Crippen molar-refractivity contribution in [2.45, 2.75) is 25.4 Å². The number of hydrogen-bond donors (Lipinski definition) is 0. The van der Waals surface area contributed by atoms with Crippen molar-refractivity contribution in [1.29, 1.82) is 0 Å². The fraction of sp³-hybridized carbons (Fsp3) is 0.278. The van der Waals surface area contributed by atoms with E-state index in [1.165, 1.54) is 0 Å². The summed E-state index contributed by atoms with van der Waals surface area (Å²) in [5.41, 5.74) is 1.64. The standard InChI is InChI=1S/C18H18O3/c1-3-15-17(12-7-5-4-6-8-12)18(19)14-10-9-13(20-2)11-16(14)21-15/h4-11,15,17H,3H2,1-2H3. The zero-order valence-corrected chi connectivity index (χ0v) is 12.2. The van der Waals surface area contributed by atoms with E-state index in [0.29, 0.717) is 17.1 Å². The molecule has 3 heteroatoms. The van der Waals surface area contributed by atoms with E-state index in [0.717, 1.165) is 12.0 Å². The molecule has 3 rings (SSSR count). The summed E-state index contributed by atoms with van der Waals surface area (Å²) in [6, 6.07) is 15.2. The molecule has 1 aliphatic rings. The summed E-state index contributed by atoms with van der Waals surface area (Å²) >= 11 is 0. The second kappa shape index (κ2) is 5.60. The fourth-order valence-electron chi connectivity index (χ4n) is 2.84. The van der Waals surface area contributed by atoms with Crippen LogP contribution in [0, 0.1) is 0 Å².